The molecule has 1 unspecified atom stereocenters. The normalized spacial score (nSPS) is 16.9. The molecule has 0 aromatic heterocycles. The lowest BCUT2D eigenvalue weighted by atomic mass is 10.2. The summed E-state index contributed by atoms with van der Waals surface area (Å²) >= 11 is 5.87. The Morgan fingerprint density at radius 1 is 0.970 bits per heavy atom. The van der Waals surface area contributed by atoms with Crippen LogP contribution in [-0.4, -0.2) is 71.6 Å². The van der Waals surface area contributed by atoms with Crippen molar-refractivity contribution in [2.75, 3.05) is 51.7 Å². The third-order valence-electron chi connectivity index (χ3n) is 6.29. The fourth-order valence-corrected chi connectivity index (χ4v) is 5.40. The summed E-state index contributed by atoms with van der Waals surface area (Å²) in [6.07, 6.45) is 5.92. The van der Waals surface area contributed by atoms with Gasteiger partial charge in [-0.25, -0.2) is 8.42 Å². The molecule has 2 aromatic rings. The van der Waals surface area contributed by atoms with Gasteiger partial charge >= 0.3 is 0 Å². The number of sulfonamides is 1. The number of benzene rings is 2. The average molecular weight is 494 g/mol. The van der Waals surface area contributed by atoms with Crippen LogP contribution < -0.4 is 9.04 Å². The lowest BCUT2D eigenvalue weighted by Gasteiger charge is -2.20. The number of hydrogen-bond acceptors (Lipinski definition) is 5. The van der Waals surface area contributed by atoms with Gasteiger partial charge in [-0.3, -0.25) is 4.31 Å². The Labute approximate surface area is 204 Å². The van der Waals surface area contributed by atoms with Gasteiger partial charge in [-0.1, -0.05) is 24.4 Å². The van der Waals surface area contributed by atoms with Gasteiger partial charge in [0.1, 0.15) is 5.75 Å². The molecule has 33 heavy (non-hydrogen) atoms. The highest BCUT2D eigenvalue weighted by molar-refractivity contribution is 7.92. The monoisotopic (exact) mass is 493 g/mol. The van der Waals surface area contributed by atoms with Crippen LogP contribution in [0.15, 0.2) is 53.4 Å². The van der Waals surface area contributed by atoms with Gasteiger partial charge in [0.2, 0.25) is 0 Å². The van der Waals surface area contributed by atoms with Crippen molar-refractivity contribution < 1.29 is 13.2 Å². The molecule has 2 aromatic carbocycles. The molecule has 0 amide bonds. The first-order valence-corrected chi connectivity index (χ1v) is 13.5. The highest BCUT2D eigenvalue weighted by atomic mass is 35.5. The van der Waals surface area contributed by atoms with Crippen molar-refractivity contribution in [2.24, 2.45) is 0 Å². The number of halogens is 1. The van der Waals surface area contributed by atoms with E-state index >= 15 is 0 Å². The van der Waals surface area contributed by atoms with Gasteiger partial charge in [-0.2, -0.15) is 0 Å². The number of anilines is 1. The van der Waals surface area contributed by atoms with E-state index in [0.717, 1.165) is 18.6 Å². The molecule has 0 saturated carbocycles. The molecule has 6 nitrogen and oxygen atoms in total. The van der Waals surface area contributed by atoms with Crippen molar-refractivity contribution in [3.05, 3.63) is 53.6 Å². The molecule has 0 spiro atoms. The molecule has 8 heteroatoms. The fourth-order valence-electron chi connectivity index (χ4n) is 4.07. The first-order chi connectivity index (χ1) is 15.8. The predicted molar refractivity (Wildman–Crippen MR) is 136 cm³/mol. The molecule has 0 radical (unpaired) electrons. The number of likely N-dealkylation sites (tertiary alicyclic amines) is 1. The summed E-state index contributed by atoms with van der Waals surface area (Å²) in [6, 6.07) is 14.0. The first-order valence-electron chi connectivity index (χ1n) is 11.6. The van der Waals surface area contributed by atoms with Gasteiger partial charge in [-0.15, -0.1) is 0 Å². The van der Waals surface area contributed by atoms with E-state index in [0.29, 0.717) is 23.4 Å². The lowest BCUT2D eigenvalue weighted by molar-refractivity contribution is 0.263. The zero-order chi connectivity index (χ0) is 23.8. The molecule has 1 aliphatic heterocycles. The molecular weight excluding hydrogens is 458 g/mol. The second-order valence-corrected chi connectivity index (χ2v) is 11.3. The van der Waals surface area contributed by atoms with Crippen molar-refractivity contribution in [3.63, 3.8) is 0 Å². The number of likely N-dealkylation sites (N-methyl/N-ethyl adjacent to an activating group) is 1. The van der Waals surface area contributed by atoms with Gasteiger partial charge < -0.3 is 14.5 Å². The molecule has 1 saturated heterocycles. The minimum Gasteiger partial charge on any atom is -0.494 e. The largest absolute Gasteiger partial charge is 0.494 e. The number of hydrogen-bond donors (Lipinski definition) is 0. The van der Waals surface area contributed by atoms with Crippen LogP contribution in [0.5, 0.6) is 5.75 Å². The minimum absolute atomic E-state index is 0.206. The third-order valence-corrected chi connectivity index (χ3v) is 8.34. The van der Waals surface area contributed by atoms with E-state index < -0.39 is 10.0 Å². The summed E-state index contributed by atoms with van der Waals surface area (Å²) in [4.78, 5) is 5.12. The Morgan fingerprint density at radius 2 is 1.64 bits per heavy atom. The van der Waals surface area contributed by atoms with Crippen LogP contribution in [0.3, 0.4) is 0 Å². The Kier molecular flexibility index (Phi) is 9.44. The van der Waals surface area contributed by atoms with Crippen LogP contribution in [0.4, 0.5) is 5.69 Å². The van der Waals surface area contributed by atoms with E-state index in [2.05, 4.69) is 23.9 Å². The Morgan fingerprint density at radius 3 is 2.27 bits per heavy atom. The van der Waals surface area contributed by atoms with Crippen LogP contribution in [0.2, 0.25) is 5.02 Å². The summed E-state index contributed by atoms with van der Waals surface area (Å²) in [5.74, 6) is 0.753. The summed E-state index contributed by atoms with van der Waals surface area (Å²) in [5, 5.41) is 0.503. The van der Waals surface area contributed by atoms with Crippen LogP contribution in [-0.2, 0) is 10.0 Å². The highest BCUT2D eigenvalue weighted by Gasteiger charge is 2.23. The summed E-state index contributed by atoms with van der Waals surface area (Å²) < 4.78 is 32.7. The third kappa shape index (κ3) is 7.34. The molecule has 1 fully saturated rings. The van der Waals surface area contributed by atoms with Crippen molar-refractivity contribution in [1.29, 1.82) is 0 Å². The average Bonchev–Trinajstić information content (AvgIpc) is 3.28. The summed E-state index contributed by atoms with van der Waals surface area (Å²) in [7, 11) is 2.25. The lowest BCUT2D eigenvalue weighted by Crippen LogP contribution is -2.31. The van der Waals surface area contributed by atoms with E-state index in [1.807, 2.05) is 12.1 Å². The maximum atomic E-state index is 12.8. The number of unbranched alkanes of at least 4 members (excludes halogenated alkanes) is 3. The van der Waals surface area contributed by atoms with Gasteiger partial charge in [0, 0.05) is 24.7 Å². The second-order valence-electron chi connectivity index (χ2n) is 8.89. The molecule has 182 valence electrons. The quantitative estimate of drug-likeness (QED) is 0.400. The molecule has 1 aliphatic rings. The molecule has 0 bridgehead atoms. The zero-order valence-corrected chi connectivity index (χ0v) is 21.5. The SMILES string of the molecule is CN(C)C1CCN(CCCCCCOc2ccc(N(C)S(=O)(=O)c3ccc(Cl)cc3)cc2)C1. The Bertz CT molecular complexity index is 965. The van der Waals surface area contributed by atoms with E-state index in [9.17, 15) is 8.42 Å². The standard InChI is InChI=1S/C25H36ClN3O3S/c1-27(2)23-16-18-29(20-23)17-6-4-5-7-19-32-24-12-10-22(11-13-24)28(3)33(30,31)25-14-8-21(26)9-15-25/h8-15,23H,4-7,16-20H2,1-3H3. The first kappa shape index (κ1) is 25.8. The predicted octanol–water partition coefficient (Wildman–Crippen LogP) is 4.74. The van der Waals surface area contributed by atoms with Crippen molar-refractivity contribution >= 4 is 27.3 Å². The van der Waals surface area contributed by atoms with Crippen LogP contribution in [0.1, 0.15) is 32.1 Å². The van der Waals surface area contributed by atoms with Crippen molar-refractivity contribution in [1.82, 2.24) is 9.80 Å². The van der Waals surface area contributed by atoms with E-state index in [1.54, 1.807) is 31.3 Å². The second kappa shape index (κ2) is 12.1. The van der Waals surface area contributed by atoms with Gasteiger partial charge in [-0.05, 0) is 95.0 Å². The topological polar surface area (TPSA) is 53.1 Å². The number of rotatable bonds is 12. The molecule has 1 atom stereocenters. The molecule has 0 N–H and O–H groups in total. The summed E-state index contributed by atoms with van der Waals surface area (Å²) in [6.45, 7) is 4.28. The Hall–Kier alpha value is -1.80. The maximum absolute atomic E-state index is 12.8. The highest BCUT2D eigenvalue weighted by Crippen LogP contribution is 2.25. The minimum atomic E-state index is -3.64. The number of ether oxygens (including phenoxy) is 1. The van der Waals surface area contributed by atoms with Crippen molar-refractivity contribution in [3.8, 4) is 5.75 Å². The maximum Gasteiger partial charge on any atom is 0.264 e. The fraction of sp³-hybridized carbons (Fsp3) is 0.520. The van der Waals surface area contributed by atoms with E-state index in [1.165, 1.54) is 55.3 Å². The molecular formula is C25H36ClN3O3S. The molecule has 0 aliphatic carbocycles. The number of nitrogens with zero attached hydrogens (tertiary/aromatic N) is 3. The summed E-state index contributed by atoms with van der Waals surface area (Å²) in [5.41, 5.74) is 0.579. The molecule has 1 heterocycles. The van der Waals surface area contributed by atoms with Gasteiger partial charge in [0.05, 0.1) is 17.2 Å². The van der Waals surface area contributed by atoms with Crippen molar-refractivity contribution in [2.45, 2.75) is 43.0 Å². The van der Waals surface area contributed by atoms with Crippen LogP contribution >= 0.6 is 11.6 Å². The zero-order valence-electron chi connectivity index (χ0n) is 19.9. The van der Waals surface area contributed by atoms with Gasteiger partial charge in [0.25, 0.3) is 10.0 Å². The van der Waals surface area contributed by atoms with E-state index in [-0.39, 0.29) is 4.90 Å². The Balaban J connectivity index is 1.35. The van der Waals surface area contributed by atoms with Gasteiger partial charge in [0.15, 0.2) is 0 Å². The van der Waals surface area contributed by atoms with Crippen LogP contribution in [0, 0.1) is 0 Å². The molecule has 3 rings (SSSR count). The smallest absolute Gasteiger partial charge is 0.264 e. The van der Waals surface area contributed by atoms with E-state index in [4.69, 9.17) is 16.3 Å². The van der Waals surface area contributed by atoms with Crippen LogP contribution in [0.25, 0.3) is 0 Å².